The molecule has 1 heterocycles. The summed E-state index contributed by atoms with van der Waals surface area (Å²) in [6.45, 7) is 2.33. The summed E-state index contributed by atoms with van der Waals surface area (Å²) in [5.41, 5.74) is 1.53. The molecular formula is C15H22BrNS. The number of hydrogen-bond donors (Lipinski definition) is 1. The molecule has 0 fully saturated rings. The first-order valence-corrected chi connectivity index (χ1v) is 8.91. The van der Waals surface area contributed by atoms with Crippen molar-refractivity contribution >= 4 is 27.7 Å². The Labute approximate surface area is 123 Å². The summed E-state index contributed by atoms with van der Waals surface area (Å²) in [7, 11) is 0. The quantitative estimate of drug-likeness (QED) is 0.566. The van der Waals surface area contributed by atoms with Gasteiger partial charge in [0, 0.05) is 22.0 Å². The van der Waals surface area contributed by atoms with Crippen LogP contribution < -0.4 is 5.32 Å². The van der Waals surface area contributed by atoms with E-state index in [1.54, 1.807) is 0 Å². The molecule has 0 amide bonds. The lowest BCUT2D eigenvalue weighted by atomic mass is 10.1. The third-order valence-corrected chi connectivity index (χ3v) is 5.20. The van der Waals surface area contributed by atoms with E-state index in [0.29, 0.717) is 0 Å². The minimum atomic E-state index is 0.741. The maximum atomic E-state index is 3.61. The van der Waals surface area contributed by atoms with Gasteiger partial charge in [-0.3, -0.25) is 0 Å². The minimum Gasteiger partial charge on any atom is -0.316 e. The Morgan fingerprint density at radius 2 is 2.00 bits per heavy atom. The fraction of sp³-hybridized carbons (Fsp3) is 0.600. The van der Waals surface area contributed by atoms with E-state index in [1.807, 2.05) is 11.8 Å². The summed E-state index contributed by atoms with van der Waals surface area (Å²) in [4.78, 5) is 1.49. The van der Waals surface area contributed by atoms with Crippen LogP contribution in [0.2, 0.25) is 0 Å². The van der Waals surface area contributed by atoms with Crippen molar-refractivity contribution in [2.24, 2.45) is 0 Å². The van der Waals surface area contributed by atoms with Gasteiger partial charge in [0.05, 0.1) is 0 Å². The van der Waals surface area contributed by atoms with E-state index in [2.05, 4.69) is 45.5 Å². The summed E-state index contributed by atoms with van der Waals surface area (Å²) in [6, 6.07) is 8.81. The van der Waals surface area contributed by atoms with Crippen LogP contribution in [0.25, 0.3) is 0 Å². The monoisotopic (exact) mass is 327 g/mol. The molecule has 0 aliphatic carbocycles. The van der Waals surface area contributed by atoms with Gasteiger partial charge in [-0.05, 0) is 37.4 Å². The van der Waals surface area contributed by atoms with Crippen LogP contribution in [0.3, 0.4) is 0 Å². The highest BCUT2D eigenvalue weighted by Crippen LogP contribution is 2.36. The van der Waals surface area contributed by atoms with Crippen molar-refractivity contribution in [3.05, 3.63) is 29.8 Å². The van der Waals surface area contributed by atoms with Crippen molar-refractivity contribution in [2.45, 2.75) is 42.2 Å². The zero-order valence-electron chi connectivity index (χ0n) is 10.8. The number of alkyl halides is 1. The predicted molar refractivity (Wildman–Crippen MR) is 84.9 cm³/mol. The van der Waals surface area contributed by atoms with Crippen LogP contribution in [0.15, 0.2) is 29.2 Å². The number of fused-ring (bicyclic) bond motifs is 1. The molecule has 18 heavy (non-hydrogen) atoms. The van der Waals surface area contributed by atoms with Gasteiger partial charge in [0.15, 0.2) is 0 Å². The Kier molecular flexibility index (Phi) is 6.60. The van der Waals surface area contributed by atoms with Crippen molar-refractivity contribution in [2.75, 3.05) is 18.4 Å². The van der Waals surface area contributed by atoms with Gasteiger partial charge in [0.1, 0.15) is 0 Å². The van der Waals surface area contributed by atoms with Crippen molar-refractivity contribution in [1.29, 1.82) is 0 Å². The van der Waals surface area contributed by atoms with Gasteiger partial charge in [-0.1, -0.05) is 47.0 Å². The van der Waals surface area contributed by atoms with Crippen molar-refractivity contribution in [3.8, 4) is 0 Å². The number of benzene rings is 1. The third kappa shape index (κ3) is 4.60. The SMILES string of the molecule is BrCCCCCCNCC1Cc2ccccc2S1. The first-order valence-electron chi connectivity index (χ1n) is 6.91. The topological polar surface area (TPSA) is 12.0 Å². The molecule has 0 aromatic heterocycles. The molecule has 1 nitrogen and oxygen atoms in total. The highest BCUT2D eigenvalue weighted by atomic mass is 79.9. The predicted octanol–water partition coefficient (Wildman–Crippen LogP) is 4.25. The van der Waals surface area contributed by atoms with Crippen LogP contribution in [-0.4, -0.2) is 23.7 Å². The van der Waals surface area contributed by atoms with Crippen LogP contribution in [-0.2, 0) is 6.42 Å². The summed E-state index contributed by atoms with van der Waals surface area (Å²) in [5.74, 6) is 0. The number of halogens is 1. The first-order chi connectivity index (χ1) is 8.90. The Bertz CT molecular complexity index is 331. The molecule has 0 bridgehead atoms. The molecular weight excluding hydrogens is 306 g/mol. The number of nitrogens with one attached hydrogen (secondary N) is 1. The van der Waals surface area contributed by atoms with Gasteiger partial charge < -0.3 is 5.32 Å². The van der Waals surface area contributed by atoms with Crippen molar-refractivity contribution in [3.63, 3.8) is 0 Å². The fourth-order valence-electron chi connectivity index (χ4n) is 2.33. The molecule has 0 spiro atoms. The van der Waals surface area contributed by atoms with Gasteiger partial charge in [0.2, 0.25) is 0 Å². The number of hydrogen-bond acceptors (Lipinski definition) is 2. The zero-order valence-corrected chi connectivity index (χ0v) is 13.2. The second kappa shape index (κ2) is 8.23. The third-order valence-electron chi connectivity index (χ3n) is 3.32. The van der Waals surface area contributed by atoms with E-state index in [4.69, 9.17) is 0 Å². The van der Waals surface area contributed by atoms with E-state index in [1.165, 1.54) is 49.1 Å². The average molecular weight is 328 g/mol. The molecule has 0 saturated heterocycles. The molecule has 1 aromatic rings. The summed E-state index contributed by atoms with van der Waals surface area (Å²) in [6.07, 6.45) is 6.58. The van der Waals surface area contributed by atoms with Crippen molar-refractivity contribution in [1.82, 2.24) is 5.32 Å². The van der Waals surface area contributed by atoms with E-state index in [-0.39, 0.29) is 0 Å². The number of thioether (sulfide) groups is 1. The van der Waals surface area contributed by atoms with Gasteiger partial charge in [0.25, 0.3) is 0 Å². The Morgan fingerprint density at radius 3 is 2.83 bits per heavy atom. The van der Waals surface area contributed by atoms with Crippen molar-refractivity contribution < 1.29 is 0 Å². The summed E-state index contributed by atoms with van der Waals surface area (Å²) < 4.78 is 0. The van der Waals surface area contributed by atoms with Crippen LogP contribution in [0.1, 0.15) is 31.2 Å². The number of unbranched alkanes of at least 4 members (excludes halogenated alkanes) is 3. The van der Waals surface area contributed by atoms with Gasteiger partial charge in [-0.15, -0.1) is 11.8 Å². The average Bonchev–Trinajstić information content (AvgIpc) is 2.80. The molecule has 1 aliphatic heterocycles. The maximum Gasteiger partial charge on any atom is 0.0260 e. The van der Waals surface area contributed by atoms with Crippen LogP contribution in [0.4, 0.5) is 0 Å². The lowest BCUT2D eigenvalue weighted by molar-refractivity contribution is 0.593. The Hall–Kier alpha value is 0.01000. The minimum absolute atomic E-state index is 0.741. The van der Waals surface area contributed by atoms with E-state index in [9.17, 15) is 0 Å². The van der Waals surface area contributed by atoms with Crippen LogP contribution in [0, 0.1) is 0 Å². The molecule has 1 aromatic carbocycles. The zero-order chi connectivity index (χ0) is 12.6. The first kappa shape index (κ1) is 14.4. The standard InChI is InChI=1S/C15H22BrNS/c16-9-5-1-2-6-10-17-12-14-11-13-7-3-4-8-15(13)18-14/h3-4,7-8,14,17H,1-2,5-6,9-12H2. The summed E-state index contributed by atoms with van der Waals surface area (Å²) in [5, 5.41) is 5.50. The van der Waals surface area contributed by atoms with Crippen LogP contribution >= 0.6 is 27.7 Å². The normalized spacial score (nSPS) is 17.9. The van der Waals surface area contributed by atoms with E-state index in [0.717, 1.165) is 17.1 Å². The Morgan fingerprint density at radius 1 is 1.17 bits per heavy atom. The molecule has 0 saturated carbocycles. The maximum absolute atomic E-state index is 3.61. The Balaban J connectivity index is 1.54. The van der Waals surface area contributed by atoms with E-state index >= 15 is 0 Å². The highest BCUT2D eigenvalue weighted by molar-refractivity contribution is 9.09. The van der Waals surface area contributed by atoms with Gasteiger partial charge >= 0.3 is 0 Å². The second-order valence-corrected chi connectivity index (χ2v) is 6.99. The van der Waals surface area contributed by atoms with Gasteiger partial charge in [-0.25, -0.2) is 0 Å². The fourth-order valence-corrected chi connectivity index (χ4v) is 4.01. The summed E-state index contributed by atoms with van der Waals surface area (Å²) >= 11 is 5.51. The largest absolute Gasteiger partial charge is 0.316 e. The number of rotatable bonds is 8. The lowest BCUT2D eigenvalue weighted by Gasteiger charge is -2.09. The molecule has 1 unspecified atom stereocenters. The van der Waals surface area contributed by atoms with E-state index < -0.39 is 0 Å². The molecule has 1 N–H and O–H groups in total. The smallest absolute Gasteiger partial charge is 0.0260 e. The molecule has 2 rings (SSSR count). The van der Waals surface area contributed by atoms with Crippen LogP contribution in [0.5, 0.6) is 0 Å². The molecule has 100 valence electrons. The molecule has 0 radical (unpaired) electrons. The second-order valence-electron chi connectivity index (χ2n) is 4.86. The molecule has 1 aliphatic rings. The molecule has 1 atom stereocenters. The highest BCUT2D eigenvalue weighted by Gasteiger charge is 2.20. The lowest BCUT2D eigenvalue weighted by Crippen LogP contribution is -2.25. The van der Waals surface area contributed by atoms with Gasteiger partial charge in [-0.2, -0.15) is 0 Å². The molecule has 3 heteroatoms.